The SMILES string of the molecule is CCc1nnc(NCCNC(=O)c2cccs2)nc1CC. The molecule has 7 heteroatoms. The molecule has 0 aromatic carbocycles. The molecule has 0 aliphatic carbocycles. The van der Waals surface area contributed by atoms with Gasteiger partial charge in [0.2, 0.25) is 5.95 Å². The van der Waals surface area contributed by atoms with E-state index in [0.29, 0.717) is 23.9 Å². The molecule has 0 aliphatic rings. The maximum Gasteiger partial charge on any atom is 0.261 e. The summed E-state index contributed by atoms with van der Waals surface area (Å²) in [5, 5.41) is 16.0. The Balaban J connectivity index is 1.79. The van der Waals surface area contributed by atoms with Crippen LogP contribution < -0.4 is 10.6 Å². The predicted octanol–water partition coefficient (Wildman–Crippen LogP) is 1.90. The molecule has 0 unspecified atom stereocenters. The molecule has 21 heavy (non-hydrogen) atoms. The van der Waals surface area contributed by atoms with Crippen molar-refractivity contribution >= 4 is 23.2 Å². The maximum absolute atomic E-state index is 11.7. The van der Waals surface area contributed by atoms with Crippen molar-refractivity contribution in [2.24, 2.45) is 0 Å². The van der Waals surface area contributed by atoms with E-state index in [1.807, 2.05) is 25.3 Å². The van der Waals surface area contributed by atoms with Gasteiger partial charge in [-0.3, -0.25) is 4.79 Å². The van der Waals surface area contributed by atoms with Gasteiger partial charge < -0.3 is 10.6 Å². The van der Waals surface area contributed by atoms with Gasteiger partial charge in [-0.25, -0.2) is 4.98 Å². The van der Waals surface area contributed by atoms with E-state index in [1.165, 1.54) is 11.3 Å². The zero-order valence-electron chi connectivity index (χ0n) is 12.2. The zero-order chi connectivity index (χ0) is 15.1. The number of hydrogen-bond donors (Lipinski definition) is 2. The lowest BCUT2D eigenvalue weighted by Crippen LogP contribution is -2.28. The number of rotatable bonds is 7. The van der Waals surface area contributed by atoms with Crippen molar-refractivity contribution in [2.45, 2.75) is 26.7 Å². The van der Waals surface area contributed by atoms with Crippen molar-refractivity contribution < 1.29 is 4.79 Å². The summed E-state index contributed by atoms with van der Waals surface area (Å²) < 4.78 is 0. The lowest BCUT2D eigenvalue weighted by Gasteiger charge is -2.08. The fraction of sp³-hybridized carbons (Fsp3) is 0.429. The van der Waals surface area contributed by atoms with E-state index in [0.717, 1.165) is 24.2 Å². The number of hydrogen-bond acceptors (Lipinski definition) is 6. The van der Waals surface area contributed by atoms with Gasteiger partial charge in [-0.1, -0.05) is 19.9 Å². The summed E-state index contributed by atoms with van der Waals surface area (Å²) in [4.78, 5) is 16.9. The van der Waals surface area contributed by atoms with E-state index >= 15 is 0 Å². The Labute approximate surface area is 128 Å². The minimum absolute atomic E-state index is 0.0542. The van der Waals surface area contributed by atoms with Crippen molar-refractivity contribution in [1.29, 1.82) is 0 Å². The Kier molecular flexibility index (Phi) is 5.62. The summed E-state index contributed by atoms with van der Waals surface area (Å²) in [6, 6.07) is 3.66. The Hall–Kier alpha value is -2.02. The van der Waals surface area contributed by atoms with Crippen LogP contribution in [-0.4, -0.2) is 34.2 Å². The molecule has 2 aromatic rings. The number of aromatic nitrogens is 3. The van der Waals surface area contributed by atoms with Gasteiger partial charge in [-0.15, -0.1) is 16.4 Å². The summed E-state index contributed by atoms with van der Waals surface area (Å²) in [5.74, 6) is 0.454. The number of thiophene rings is 1. The first kappa shape index (κ1) is 15.4. The molecule has 6 nitrogen and oxygen atoms in total. The summed E-state index contributed by atoms with van der Waals surface area (Å²) >= 11 is 1.43. The second-order valence-electron chi connectivity index (χ2n) is 4.40. The first-order valence-corrected chi connectivity index (χ1v) is 7.90. The Morgan fingerprint density at radius 2 is 2.00 bits per heavy atom. The normalized spacial score (nSPS) is 10.4. The molecule has 0 saturated carbocycles. The Morgan fingerprint density at radius 3 is 2.67 bits per heavy atom. The number of aryl methyl sites for hydroxylation is 2. The molecule has 2 aromatic heterocycles. The van der Waals surface area contributed by atoms with Gasteiger partial charge in [0, 0.05) is 13.1 Å². The highest BCUT2D eigenvalue weighted by Gasteiger charge is 2.07. The molecule has 2 rings (SSSR count). The molecular formula is C14H19N5OS. The van der Waals surface area contributed by atoms with Crippen LogP contribution in [0.5, 0.6) is 0 Å². The number of carbonyl (C=O) groups is 1. The third-order valence-corrected chi connectivity index (χ3v) is 3.82. The molecule has 0 bridgehead atoms. The maximum atomic E-state index is 11.7. The van der Waals surface area contributed by atoms with Crippen molar-refractivity contribution in [3.63, 3.8) is 0 Å². The monoisotopic (exact) mass is 305 g/mol. The third kappa shape index (κ3) is 4.22. The minimum atomic E-state index is -0.0542. The standard InChI is InChI=1S/C14H19N5OS/c1-3-10-11(4-2)18-19-14(17-10)16-8-7-15-13(20)12-6-5-9-21-12/h5-6,9H,3-4,7-8H2,1-2H3,(H,15,20)(H,16,17,19). The highest BCUT2D eigenvalue weighted by molar-refractivity contribution is 7.12. The van der Waals surface area contributed by atoms with E-state index in [4.69, 9.17) is 0 Å². The van der Waals surface area contributed by atoms with E-state index in [9.17, 15) is 4.79 Å². The number of carbonyl (C=O) groups excluding carboxylic acids is 1. The lowest BCUT2D eigenvalue weighted by atomic mass is 10.2. The van der Waals surface area contributed by atoms with Gasteiger partial charge in [0.05, 0.1) is 16.3 Å². The van der Waals surface area contributed by atoms with Gasteiger partial charge in [-0.05, 0) is 24.3 Å². The van der Waals surface area contributed by atoms with Crippen LogP contribution in [-0.2, 0) is 12.8 Å². The third-order valence-electron chi connectivity index (χ3n) is 2.95. The second-order valence-corrected chi connectivity index (χ2v) is 5.34. The molecule has 0 fully saturated rings. The smallest absolute Gasteiger partial charge is 0.261 e. The van der Waals surface area contributed by atoms with Crippen molar-refractivity contribution in [1.82, 2.24) is 20.5 Å². The highest BCUT2D eigenvalue weighted by Crippen LogP contribution is 2.08. The largest absolute Gasteiger partial charge is 0.351 e. The van der Waals surface area contributed by atoms with Crippen LogP contribution in [0.4, 0.5) is 5.95 Å². The fourth-order valence-corrected chi connectivity index (χ4v) is 2.50. The average molecular weight is 305 g/mol. The molecule has 2 heterocycles. The summed E-state index contributed by atoms with van der Waals surface area (Å²) in [6.07, 6.45) is 1.67. The van der Waals surface area contributed by atoms with Gasteiger partial charge in [0.1, 0.15) is 0 Å². The zero-order valence-corrected chi connectivity index (χ0v) is 13.0. The second kappa shape index (κ2) is 7.68. The van der Waals surface area contributed by atoms with E-state index < -0.39 is 0 Å². The molecule has 0 aliphatic heterocycles. The molecule has 0 atom stereocenters. The first-order valence-electron chi connectivity index (χ1n) is 7.02. The predicted molar refractivity (Wildman–Crippen MR) is 83.7 cm³/mol. The molecule has 0 spiro atoms. The van der Waals surface area contributed by atoms with Crippen LogP contribution in [0.3, 0.4) is 0 Å². The van der Waals surface area contributed by atoms with Gasteiger partial charge in [-0.2, -0.15) is 5.10 Å². The van der Waals surface area contributed by atoms with Crippen LogP contribution in [0.1, 0.15) is 34.9 Å². The summed E-state index contributed by atoms with van der Waals surface area (Å²) in [7, 11) is 0. The van der Waals surface area contributed by atoms with Gasteiger partial charge in [0.15, 0.2) is 0 Å². The van der Waals surface area contributed by atoms with Gasteiger partial charge in [0.25, 0.3) is 5.91 Å². The van der Waals surface area contributed by atoms with Crippen LogP contribution in [0.25, 0.3) is 0 Å². The molecular weight excluding hydrogens is 286 g/mol. The lowest BCUT2D eigenvalue weighted by molar-refractivity contribution is 0.0959. The fourth-order valence-electron chi connectivity index (χ4n) is 1.86. The van der Waals surface area contributed by atoms with Crippen LogP contribution >= 0.6 is 11.3 Å². The first-order chi connectivity index (χ1) is 10.2. The van der Waals surface area contributed by atoms with Crippen LogP contribution in [0.15, 0.2) is 17.5 Å². The van der Waals surface area contributed by atoms with Crippen LogP contribution in [0.2, 0.25) is 0 Å². The van der Waals surface area contributed by atoms with Gasteiger partial charge >= 0.3 is 0 Å². The number of anilines is 1. The van der Waals surface area contributed by atoms with E-state index in [1.54, 1.807) is 6.07 Å². The topological polar surface area (TPSA) is 79.8 Å². The Bertz CT molecular complexity index is 585. The average Bonchev–Trinajstić information content (AvgIpc) is 3.05. The molecule has 1 amide bonds. The number of nitrogens with zero attached hydrogens (tertiary/aromatic N) is 3. The number of amides is 1. The van der Waals surface area contributed by atoms with Crippen molar-refractivity contribution in [2.75, 3.05) is 18.4 Å². The highest BCUT2D eigenvalue weighted by atomic mass is 32.1. The minimum Gasteiger partial charge on any atom is -0.351 e. The quantitative estimate of drug-likeness (QED) is 0.764. The Morgan fingerprint density at radius 1 is 1.19 bits per heavy atom. The van der Waals surface area contributed by atoms with E-state index in [-0.39, 0.29) is 5.91 Å². The van der Waals surface area contributed by atoms with E-state index in [2.05, 4.69) is 25.8 Å². The molecule has 112 valence electrons. The van der Waals surface area contributed by atoms with Crippen molar-refractivity contribution in [3.8, 4) is 0 Å². The molecule has 0 radical (unpaired) electrons. The number of nitrogens with one attached hydrogen (secondary N) is 2. The summed E-state index contributed by atoms with van der Waals surface area (Å²) in [5.41, 5.74) is 1.91. The molecule has 0 saturated heterocycles. The van der Waals surface area contributed by atoms with Crippen LogP contribution in [0, 0.1) is 0 Å². The molecule has 2 N–H and O–H groups in total. The summed E-state index contributed by atoms with van der Waals surface area (Å²) in [6.45, 7) is 5.16. The van der Waals surface area contributed by atoms with Crippen molar-refractivity contribution in [3.05, 3.63) is 33.8 Å².